The summed E-state index contributed by atoms with van der Waals surface area (Å²) in [5.74, 6) is 0.873. The lowest BCUT2D eigenvalue weighted by molar-refractivity contribution is -0.123. The number of carbonyl (C=O) groups excluding carboxylic acids is 1. The summed E-state index contributed by atoms with van der Waals surface area (Å²) in [5, 5.41) is 26.8. The molecule has 2 aromatic heterocycles. The molecule has 1 saturated carbocycles. The van der Waals surface area contributed by atoms with E-state index in [0.29, 0.717) is 23.9 Å². The number of aliphatic hydroxyl groups excluding tert-OH is 1. The second-order valence-corrected chi connectivity index (χ2v) is 8.81. The predicted molar refractivity (Wildman–Crippen MR) is 111 cm³/mol. The number of anilines is 3. The van der Waals surface area contributed by atoms with Crippen LogP contribution in [0.5, 0.6) is 0 Å². The van der Waals surface area contributed by atoms with Crippen LogP contribution in [0.4, 0.5) is 17.5 Å². The van der Waals surface area contributed by atoms with Gasteiger partial charge in [-0.1, -0.05) is 6.92 Å². The molecule has 1 amide bonds. The number of nitrogens with one attached hydrogen (secondary N) is 1. The van der Waals surface area contributed by atoms with Gasteiger partial charge in [0.1, 0.15) is 11.2 Å². The number of rotatable bonds is 7. The van der Waals surface area contributed by atoms with Crippen LogP contribution < -0.4 is 10.2 Å². The molecule has 0 radical (unpaired) electrons. The summed E-state index contributed by atoms with van der Waals surface area (Å²) < 4.78 is 1.67. The Morgan fingerprint density at radius 1 is 1.43 bits per heavy atom. The quantitative estimate of drug-likeness (QED) is 0.721. The van der Waals surface area contributed by atoms with Crippen molar-refractivity contribution in [1.82, 2.24) is 19.7 Å². The van der Waals surface area contributed by atoms with Crippen molar-refractivity contribution in [2.75, 3.05) is 16.8 Å². The third-order valence-corrected chi connectivity index (χ3v) is 6.20. The number of nitriles is 1. The molecule has 1 saturated heterocycles. The number of aromatic nitrogens is 4. The van der Waals surface area contributed by atoms with Gasteiger partial charge in [0.2, 0.25) is 11.9 Å². The molecule has 0 aromatic carbocycles. The van der Waals surface area contributed by atoms with Crippen LogP contribution in [-0.2, 0) is 10.3 Å². The summed E-state index contributed by atoms with van der Waals surface area (Å²) in [5.41, 5.74) is -0.767. The molecule has 4 rings (SSSR count). The van der Waals surface area contributed by atoms with Crippen molar-refractivity contribution in [2.45, 2.75) is 58.0 Å². The lowest BCUT2D eigenvalue weighted by Gasteiger charge is -2.23. The van der Waals surface area contributed by atoms with Crippen molar-refractivity contribution in [3.63, 3.8) is 0 Å². The molecule has 0 bridgehead atoms. The summed E-state index contributed by atoms with van der Waals surface area (Å²) in [6.07, 6.45) is 8.21. The second kappa shape index (κ2) is 7.36. The van der Waals surface area contributed by atoms with Crippen molar-refractivity contribution in [1.29, 1.82) is 5.26 Å². The fourth-order valence-electron chi connectivity index (χ4n) is 4.11. The Morgan fingerprint density at radius 3 is 2.83 bits per heavy atom. The zero-order valence-electron chi connectivity index (χ0n) is 17.5. The van der Waals surface area contributed by atoms with Crippen LogP contribution in [0.1, 0.15) is 46.5 Å². The lowest BCUT2D eigenvalue weighted by atomic mass is 9.81. The molecule has 9 heteroatoms. The molecule has 2 fully saturated rings. The Morgan fingerprint density at radius 2 is 2.20 bits per heavy atom. The molecule has 2 atom stereocenters. The molecule has 2 N–H and O–H groups in total. The Bertz CT molecular complexity index is 991. The molecule has 0 unspecified atom stereocenters. The van der Waals surface area contributed by atoms with Crippen LogP contribution in [-0.4, -0.2) is 43.4 Å². The summed E-state index contributed by atoms with van der Waals surface area (Å²) in [6, 6.07) is 4.01. The molecule has 9 nitrogen and oxygen atoms in total. The van der Waals surface area contributed by atoms with E-state index in [1.165, 1.54) is 0 Å². The van der Waals surface area contributed by atoms with E-state index in [2.05, 4.69) is 26.5 Å². The van der Waals surface area contributed by atoms with Gasteiger partial charge in [0.05, 0.1) is 30.1 Å². The van der Waals surface area contributed by atoms with Gasteiger partial charge in [-0.15, -0.1) is 0 Å². The highest BCUT2D eigenvalue weighted by atomic mass is 16.3. The maximum Gasteiger partial charge on any atom is 0.249 e. The van der Waals surface area contributed by atoms with Gasteiger partial charge in [-0.3, -0.25) is 14.4 Å². The largest absolute Gasteiger partial charge is 0.394 e. The van der Waals surface area contributed by atoms with Crippen LogP contribution in [0.3, 0.4) is 0 Å². The first kappa shape index (κ1) is 20.3. The predicted octanol–water partition coefficient (Wildman–Crippen LogP) is 2.58. The minimum Gasteiger partial charge on any atom is -0.394 e. The highest BCUT2D eigenvalue weighted by Gasteiger charge is 2.60. The maximum absolute atomic E-state index is 13.3. The van der Waals surface area contributed by atoms with Crippen molar-refractivity contribution in [3.05, 3.63) is 24.7 Å². The van der Waals surface area contributed by atoms with E-state index in [1.54, 1.807) is 34.2 Å². The van der Waals surface area contributed by atoms with Crippen molar-refractivity contribution in [3.8, 4) is 6.07 Å². The molecule has 0 spiro atoms. The Labute approximate surface area is 175 Å². The van der Waals surface area contributed by atoms with Gasteiger partial charge >= 0.3 is 0 Å². The third kappa shape index (κ3) is 3.31. The number of amides is 1. The maximum atomic E-state index is 13.3. The average molecular weight is 409 g/mol. The van der Waals surface area contributed by atoms with E-state index >= 15 is 0 Å². The first-order valence-corrected chi connectivity index (χ1v) is 10.4. The van der Waals surface area contributed by atoms with Gasteiger partial charge in [0.25, 0.3) is 0 Å². The van der Waals surface area contributed by atoms with Gasteiger partial charge in [0.15, 0.2) is 0 Å². The fourth-order valence-corrected chi connectivity index (χ4v) is 4.11. The van der Waals surface area contributed by atoms with Crippen LogP contribution in [0.2, 0.25) is 0 Å². The van der Waals surface area contributed by atoms with Gasteiger partial charge < -0.3 is 10.4 Å². The van der Waals surface area contributed by atoms with Gasteiger partial charge in [-0.05, 0) is 51.5 Å². The SMILES string of the molecule is CC[C@@H]1C[C@@](C#N)(C2CC2)C(=O)N1c1ccnc(Nc2cnn(C(C)(C)CO)c2)n1. The van der Waals surface area contributed by atoms with E-state index < -0.39 is 11.0 Å². The van der Waals surface area contributed by atoms with Crippen molar-refractivity contribution < 1.29 is 9.90 Å². The minimum atomic E-state index is -0.920. The topological polar surface area (TPSA) is 120 Å². The molecule has 1 aliphatic heterocycles. The van der Waals surface area contributed by atoms with Crippen LogP contribution in [0.15, 0.2) is 24.7 Å². The van der Waals surface area contributed by atoms with Gasteiger partial charge in [-0.25, -0.2) is 4.98 Å². The molecule has 30 heavy (non-hydrogen) atoms. The van der Waals surface area contributed by atoms with Gasteiger partial charge in [0, 0.05) is 18.4 Å². The van der Waals surface area contributed by atoms with Crippen molar-refractivity contribution >= 4 is 23.4 Å². The molecular formula is C21H27N7O2. The molecule has 2 aromatic rings. The number of carbonyl (C=O) groups is 1. The zero-order chi connectivity index (χ0) is 21.5. The van der Waals surface area contributed by atoms with Crippen LogP contribution in [0.25, 0.3) is 0 Å². The minimum absolute atomic E-state index is 0.0444. The van der Waals surface area contributed by atoms with E-state index in [4.69, 9.17) is 0 Å². The normalized spacial score (nSPS) is 24.2. The standard InChI is InChI=1S/C21H27N7O2/c1-4-16-9-21(12-22,14-5-6-14)18(30)28(16)17-7-8-23-19(26-17)25-15-10-24-27(11-15)20(2,3)13-29/h7-8,10-11,14,16,29H,4-6,9,13H2,1-3H3,(H,23,25,26)/t16-,21-/m1/s1. The number of hydrogen-bond donors (Lipinski definition) is 2. The lowest BCUT2D eigenvalue weighted by Crippen LogP contribution is -2.38. The number of hydrogen-bond acceptors (Lipinski definition) is 7. The molecular weight excluding hydrogens is 382 g/mol. The number of nitrogens with zero attached hydrogens (tertiary/aromatic N) is 6. The van der Waals surface area contributed by atoms with Gasteiger partial charge in [-0.2, -0.15) is 15.3 Å². The summed E-state index contributed by atoms with van der Waals surface area (Å²) >= 11 is 0. The molecule has 1 aliphatic carbocycles. The smallest absolute Gasteiger partial charge is 0.249 e. The summed E-state index contributed by atoms with van der Waals surface area (Å²) in [6.45, 7) is 5.75. The Kier molecular flexibility index (Phi) is 4.98. The Balaban J connectivity index is 1.59. The highest BCUT2D eigenvalue weighted by Crippen LogP contribution is 2.54. The highest BCUT2D eigenvalue weighted by molar-refractivity contribution is 6.02. The molecule has 3 heterocycles. The van der Waals surface area contributed by atoms with Crippen molar-refractivity contribution in [2.24, 2.45) is 11.3 Å². The molecule has 2 aliphatic rings. The van der Waals surface area contributed by atoms with Crippen LogP contribution in [0, 0.1) is 22.7 Å². The second-order valence-electron chi connectivity index (χ2n) is 8.81. The summed E-state index contributed by atoms with van der Waals surface area (Å²) in [7, 11) is 0. The van der Waals surface area contributed by atoms with E-state index in [9.17, 15) is 15.2 Å². The first-order valence-electron chi connectivity index (χ1n) is 10.4. The monoisotopic (exact) mass is 409 g/mol. The molecule has 158 valence electrons. The average Bonchev–Trinajstić information content (AvgIpc) is 3.42. The summed E-state index contributed by atoms with van der Waals surface area (Å²) in [4.78, 5) is 23.8. The van der Waals surface area contributed by atoms with E-state index in [1.807, 2.05) is 20.8 Å². The van der Waals surface area contributed by atoms with E-state index in [0.717, 1.165) is 19.3 Å². The first-order chi connectivity index (χ1) is 14.3. The van der Waals surface area contributed by atoms with Crippen LogP contribution >= 0.6 is 0 Å². The van der Waals surface area contributed by atoms with E-state index in [-0.39, 0.29) is 24.5 Å². The fraction of sp³-hybridized carbons (Fsp3) is 0.571. The third-order valence-electron chi connectivity index (χ3n) is 6.20. The Hall–Kier alpha value is -2.99. The zero-order valence-corrected chi connectivity index (χ0v) is 17.5. The number of aliphatic hydroxyl groups is 1.